The number of rotatable bonds is 1. The summed E-state index contributed by atoms with van der Waals surface area (Å²) in [5.41, 5.74) is 1.68. The van der Waals surface area contributed by atoms with Crippen molar-refractivity contribution in [1.29, 1.82) is 0 Å². The summed E-state index contributed by atoms with van der Waals surface area (Å²) < 4.78 is 21.6. The van der Waals surface area contributed by atoms with Crippen LogP contribution in [0.1, 0.15) is 22.3 Å². The number of halogens is 1. The number of nitrogens with one attached hydrogen (secondary N) is 1. The minimum absolute atomic E-state index is 0.214. The van der Waals surface area contributed by atoms with Crippen molar-refractivity contribution < 1.29 is 13.9 Å². The Hall–Kier alpha value is -3.20. The molecule has 1 amide bonds. The number of ether oxygens (including phenoxy) is 1. The van der Waals surface area contributed by atoms with E-state index in [9.17, 15) is 9.18 Å². The summed E-state index contributed by atoms with van der Waals surface area (Å²) in [7, 11) is 2.09. The second-order valence-electron chi connectivity index (χ2n) is 7.80. The highest BCUT2D eigenvalue weighted by molar-refractivity contribution is 5.99. The van der Waals surface area contributed by atoms with Gasteiger partial charge < -0.3 is 19.9 Å². The standard InChI is InChI=1S/C21H23FN6O2/c1-26-7-4-16(13-26)27-12-14-10-15(22)2-3-18(14)30-9-6-23-21(29)17-11-24-28-8-5-19(27)25-20(17)28/h2-3,5,8,10-11,16H,4,6-7,9,12-13H2,1H3,(H,23,29). The van der Waals surface area contributed by atoms with Crippen LogP contribution in [0.4, 0.5) is 10.2 Å². The van der Waals surface area contributed by atoms with Crippen molar-refractivity contribution in [2.45, 2.75) is 19.0 Å². The largest absolute Gasteiger partial charge is 0.491 e. The monoisotopic (exact) mass is 410 g/mol. The molecule has 0 aliphatic carbocycles. The predicted octanol–water partition coefficient (Wildman–Crippen LogP) is 1.70. The van der Waals surface area contributed by atoms with Crippen LogP contribution in [0.2, 0.25) is 0 Å². The average Bonchev–Trinajstić information content (AvgIpc) is 3.35. The van der Waals surface area contributed by atoms with Gasteiger partial charge in [-0.1, -0.05) is 0 Å². The van der Waals surface area contributed by atoms with Crippen LogP contribution in [-0.4, -0.2) is 64.7 Å². The molecule has 9 heteroatoms. The molecule has 1 N–H and O–H groups in total. The lowest BCUT2D eigenvalue weighted by atomic mass is 10.1. The fourth-order valence-electron chi connectivity index (χ4n) is 4.16. The Morgan fingerprint density at radius 3 is 3.03 bits per heavy atom. The Morgan fingerprint density at radius 1 is 1.30 bits per heavy atom. The molecule has 8 nitrogen and oxygen atoms in total. The van der Waals surface area contributed by atoms with E-state index in [1.54, 1.807) is 10.6 Å². The first-order valence-corrected chi connectivity index (χ1v) is 10.1. The topological polar surface area (TPSA) is 75.0 Å². The van der Waals surface area contributed by atoms with Gasteiger partial charge in [-0.25, -0.2) is 13.9 Å². The second-order valence-corrected chi connectivity index (χ2v) is 7.80. The molecule has 2 bridgehead atoms. The van der Waals surface area contributed by atoms with Crippen LogP contribution in [0.25, 0.3) is 5.65 Å². The lowest BCUT2D eigenvalue weighted by Crippen LogP contribution is -2.37. The molecule has 30 heavy (non-hydrogen) atoms. The van der Waals surface area contributed by atoms with E-state index in [1.165, 1.54) is 18.3 Å². The molecule has 3 aromatic rings. The highest BCUT2D eigenvalue weighted by Gasteiger charge is 2.28. The van der Waals surface area contributed by atoms with E-state index >= 15 is 0 Å². The highest BCUT2D eigenvalue weighted by atomic mass is 19.1. The molecule has 2 aromatic heterocycles. The molecule has 156 valence electrons. The van der Waals surface area contributed by atoms with Gasteiger partial charge in [-0.15, -0.1) is 0 Å². The normalized spacial score (nSPS) is 20.3. The van der Waals surface area contributed by atoms with Crippen LogP contribution in [-0.2, 0) is 6.54 Å². The molecule has 1 fully saturated rings. The third-order valence-electron chi connectivity index (χ3n) is 5.71. The summed E-state index contributed by atoms with van der Waals surface area (Å²) in [6, 6.07) is 6.66. The van der Waals surface area contributed by atoms with Gasteiger partial charge in [-0.05, 0) is 44.3 Å². The van der Waals surface area contributed by atoms with Crippen molar-refractivity contribution in [3.63, 3.8) is 0 Å². The van der Waals surface area contributed by atoms with Gasteiger partial charge in [0.1, 0.15) is 29.6 Å². The Labute approximate surface area is 173 Å². The number of hydrogen-bond acceptors (Lipinski definition) is 6. The van der Waals surface area contributed by atoms with Gasteiger partial charge >= 0.3 is 0 Å². The third-order valence-corrected chi connectivity index (χ3v) is 5.71. The Morgan fingerprint density at radius 2 is 2.20 bits per heavy atom. The molecular formula is C21H23FN6O2. The number of likely N-dealkylation sites (N-methyl/N-ethyl adjacent to an activating group) is 1. The molecule has 1 unspecified atom stereocenters. The number of anilines is 1. The third kappa shape index (κ3) is 3.45. The van der Waals surface area contributed by atoms with E-state index in [4.69, 9.17) is 9.72 Å². The van der Waals surface area contributed by atoms with Gasteiger partial charge in [0, 0.05) is 30.9 Å². The van der Waals surface area contributed by atoms with Gasteiger partial charge in [0.05, 0.1) is 12.7 Å². The molecule has 2 aliphatic heterocycles. The molecule has 2 aliphatic rings. The number of nitrogens with zero attached hydrogens (tertiary/aromatic N) is 5. The number of aromatic nitrogens is 3. The van der Waals surface area contributed by atoms with Gasteiger partial charge in [-0.2, -0.15) is 5.10 Å². The first kappa shape index (κ1) is 18.8. The maximum atomic E-state index is 14.1. The van der Waals surface area contributed by atoms with Gasteiger partial charge in [0.15, 0.2) is 5.65 Å². The van der Waals surface area contributed by atoms with Crippen LogP contribution >= 0.6 is 0 Å². The SMILES string of the molecule is CN1CCC(N2Cc3cc(F)ccc3OCCNC(=O)c3cnn4ccc2nc34)C1. The summed E-state index contributed by atoms with van der Waals surface area (Å²) >= 11 is 0. The number of amides is 1. The minimum Gasteiger partial charge on any atom is -0.491 e. The van der Waals surface area contributed by atoms with Crippen molar-refractivity contribution in [2.75, 3.05) is 38.2 Å². The molecule has 1 saturated heterocycles. The maximum Gasteiger partial charge on any atom is 0.256 e. The van der Waals surface area contributed by atoms with Gasteiger partial charge in [-0.3, -0.25) is 4.79 Å². The smallest absolute Gasteiger partial charge is 0.256 e. The van der Waals surface area contributed by atoms with Crippen molar-refractivity contribution in [2.24, 2.45) is 0 Å². The van der Waals surface area contributed by atoms with Crippen LogP contribution < -0.4 is 15.0 Å². The lowest BCUT2D eigenvalue weighted by molar-refractivity contribution is 0.0948. The molecule has 4 heterocycles. The summed E-state index contributed by atoms with van der Waals surface area (Å²) in [6.07, 6.45) is 4.31. The first-order valence-electron chi connectivity index (χ1n) is 10.1. The zero-order valence-corrected chi connectivity index (χ0v) is 16.7. The minimum atomic E-state index is -0.306. The Balaban J connectivity index is 1.64. The highest BCUT2D eigenvalue weighted by Crippen LogP contribution is 2.28. The van der Waals surface area contributed by atoms with Crippen molar-refractivity contribution in [3.8, 4) is 5.75 Å². The maximum absolute atomic E-state index is 14.1. The Kier molecular flexibility index (Phi) is 4.74. The van der Waals surface area contributed by atoms with E-state index in [0.717, 1.165) is 30.9 Å². The van der Waals surface area contributed by atoms with Crippen molar-refractivity contribution in [1.82, 2.24) is 24.8 Å². The molecule has 0 saturated carbocycles. The number of carbonyl (C=O) groups excluding carboxylic acids is 1. The van der Waals surface area contributed by atoms with Gasteiger partial charge in [0.2, 0.25) is 0 Å². The fourth-order valence-corrected chi connectivity index (χ4v) is 4.16. The number of hydrogen-bond donors (Lipinski definition) is 1. The number of likely N-dealkylation sites (tertiary alicyclic amines) is 1. The average molecular weight is 410 g/mol. The quantitative estimate of drug-likeness (QED) is 0.658. The van der Waals surface area contributed by atoms with Crippen LogP contribution in [0, 0.1) is 5.82 Å². The van der Waals surface area contributed by atoms with E-state index in [2.05, 4.69) is 27.3 Å². The van der Waals surface area contributed by atoms with E-state index in [0.29, 0.717) is 30.0 Å². The summed E-state index contributed by atoms with van der Waals surface area (Å²) in [4.78, 5) is 21.9. The first-order chi connectivity index (χ1) is 14.6. The summed E-state index contributed by atoms with van der Waals surface area (Å²) in [5.74, 6) is 0.793. The molecule has 0 spiro atoms. The zero-order chi connectivity index (χ0) is 20.7. The number of benzene rings is 1. The Bertz CT molecular complexity index is 1100. The van der Waals surface area contributed by atoms with Crippen LogP contribution in [0.3, 0.4) is 0 Å². The van der Waals surface area contributed by atoms with Gasteiger partial charge in [0.25, 0.3) is 5.91 Å². The summed E-state index contributed by atoms with van der Waals surface area (Å²) in [5, 5.41) is 7.09. The molecule has 1 aromatic carbocycles. The zero-order valence-electron chi connectivity index (χ0n) is 16.7. The van der Waals surface area contributed by atoms with Crippen LogP contribution in [0.5, 0.6) is 5.75 Å². The molecular weight excluding hydrogens is 387 g/mol. The van der Waals surface area contributed by atoms with Crippen LogP contribution in [0.15, 0.2) is 36.7 Å². The molecule has 0 radical (unpaired) electrons. The molecule has 1 atom stereocenters. The second kappa shape index (κ2) is 7.56. The summed E-state index contributed by atoms with van der Waals surface area (Å²) in [6.45, 7) is 2.93. The lowest BCUT2D eigenvalue weighted by Gasteiger charge is -2.31. The number of carbonyl (C=O) groups is 1. The van der Waals surface area contributed by atoms with Crippen molar-refractivity contribution >= 4 is 17.4 Å². The van der Waals surface area contributed by atoms with E-state index in [-0.39, 0.29) is 24.4 Å². The molecule has 5 rings (SSSR count). The predicted molar refractivity (Wildman–Crippen MR) is 109 cm³/mol. The van der Waals surface area contributed by atoms with Crippen molar-refractivity contribution in [3.05, 3.63) is 53.6 Å². The number of fused-ring (bicyclic) bond motifs is 2. The van der Waals surface area contributed by atoms with E-state index in [1.807, 2.05) is 12.3 Å². The fraction of sp³-hybridized carbons (Fsp3) is 0.381. The van der Waals surface area contributed by atoms with E-state index < -0.39 is 0 Å².